The van der Waals surface area contributed by atoms with Crippen LogP contribution in [0.3, 0.4) is 0 Å². The number of hydrogen-bond donors (Lipinski definition) is 1. The molecule has 148 valence electrons. The third-order valence-electron chi connectivity index (χ3n) is 3.68. The number of pyridine rings is 1. The summed E-state index contributed by atoms with van der Waals surface area (Å²) in [7, 11) is 5.48. The molecule has 0 aromatic carbocycles. The van der Waals surface area contributed by atoms with Crippen LogP contribution in [-0.4, -0.2) is 47.3 Å². The predicted octanol–water partition coefficient (Wildman–Crippen LogP) is 3.22. The molecule has 0 atom stereocenters. The molecular weight excluding hydrogens is 383 g/mol. The summed E-state index contributed by atoms with van der Waals surface area (Å²) in [5.74, 6) is 0.586. The lowest BCUT2D eigenvalue weighted by Gasteiger charge is -2.22. The highest BCUT2D eigenvalue weighted by Gasteiger charge is 2.28. The Hall–Kier alpha value is -2.42. The molecule has 0 aliphatic carbocycles. The number of guanidine groups is 1. The van der Waals surface area contributed by atoms with Gasteiger partial charge < -0.3 is 19.5 Å². The second kappa shape index (κ2) is 8.98. The van der Waals surface area contributed by atoms with Crippen molar-refractivity contribution in [2.75, 3.05) is 20.7 Å². The number of aromatic nitrogens is 2. The van der Waals surface area contributed by atoms with Gasteiger partial charge in [0, 0.05) is 51.8 Å². The molecule has 27 heavy (non-hydrogen) atoms. The summed E-state index contributed by atoms with van der Waals surface area (Å²) in [5.41, 5.74) is 1.81. The van der Waals surface area contributed by atoms with E-state index in [2.05, 4.69) is 20.0 Å². The number of nitrogens with zero attached hydrogens (tertiary/aromatic N) is 4. The second-order valence-electron chi connectivity index (χ2n) is 5.93. The Morgan fingerprint density at radius 1 is 1.41 bits per heavy atom. The number of aryl methyl sites for hydroxylation is 1. The third-order valence-corrected chi connectivity index (χ3v) is 3.89. The number of halogens is 4. The zero-order valence-electron chi connectivity index (χ0n) is 15.2. The molecule has 0 aliphatic rings. The largest absolute Gasteiger partial charge is 0.468 e. The van der Waals surface area contributed by atoms with Gasteiger partial charge in [0.1, 0.15) is 0 Å². The van der Waals surface area contributed by atoms with E-state index in [0.717, 1.165) is 11.3 Å². The molecule has 0 aliphatic heterocycles. The van der Waals surface area contributed by atoms with E-state index in [-0.39, 0.29) is 5.88 Å². The maximum Gasteiger partial charge on any atom is 0.422 e. The summed E-state index contributed by atoms with van der Waals surface area (Å²) < 4.78 is 42.9. The van der Waals surface area contributed by atoms with Crippen LogP contribution >= 0.6 is 11.6 Å². The van der Waals surface area contributed by atoms with Crippen LogP contribution in [-0.2, 0) is 20.1 Å². The van der Waals surface area contributed by atoms with Crippen LogP contribution in [0.4, 0.5) is 13.2 Å². The number of ether oxygens (including phenoxy) is 1. The van der Waals surface area contributed by atoms with Crippen molar-refractivity contribution in [2.24, 2.45) is 12.0 Å². The van der Waals surface area contributed by atoms with Crippen molar-refractivity contribution in [2.45, 2.75) is 19.3 Å². The highest BCUT2D eigenvalue weighted by Crippen LogP contribution is 2.17. The van der Waals surface area contributed by atoms with Crippen molar-refractivity contribution in [3.8, 4) is 5.88 Å². The summed E-state index contributed by atoms with van der Waals surface area (Å²) in [4.78, 5) is 10.0. The maximum atomic E-state index is 12.1. The van der Waals surface area contributed by atoms with Gasteiger partial charge in [0.05, 0.1) is 11.6 Å². The number of alkyl halides is 3. The first-order valence-electron chi connectivity index (χ1n) is 8.05. The monoisotopic (exact) mass is 403 g/mol. The minimum absolute atomic E-state index is 0.0711. The summed E-state index contributed by atoms with van der Waals surface area (Å²) in [6.45, 7) is -0.346. The Morgan fingerprint density at radius 2 is 2.15 bits per heavy atom. The molecular formula is C17H21ClF3N5O. The molecule has 1 N–H and O–H groups in total. The lowest BCUT2D eigenvalue weighted by atomic mass is 10.3. The highest BCUT2D eigenvalue weighted by atomic mass is 35.5. The minimum Gasteiger partial charge on any atom is -0.468 e. The van der Waals surface area contributed by atoms with Crippen LogP contribution < -0.4 is 10.1 Å². The molecule has 0 saturated heterocycles. The average Bonchev–Trinajstić information content (AvgIpc) is 2.91. The summed E-state index contributed by atoms with van der Waals surface area (Å²) in [6.07, 6.45) is -1.10. The Kier molecular flexibility index (Phi) is 6.95. The van der Waals surface area contributed by atoms with Crippen molar-refractivity contribution >= 4 is 17.6 Å². The van der Waals surface area contributed by atoms with Crippen molar-refractivity contribution < 1.29 is 17.9 Å². The van der Waals surface area contributed by atoms with Gasteiger partial charge in [0.2, 0.25) is 5.88 Å². The van der Waals surface area contributed by atoms with Crippen molar-refractivity contribution in [1.29, 1.82) is 0 Å². The van der Waals surface area contributed by atoms with E-state index in [9.17, 15) is 13.2 Å². The van der Waals surface area contributed by atoms with Gasteiger partial charge in [0.25, 0.3) is 0 Å². The van der Waals surface area contributed by atoms with Crippen LogP contribution in [0.15, 0.2) is 35.6 Å². The molecule has 10 heteroatoms. The standard InChI is InChI=1S/C17H21ClF3N5O/c1-22-16(26(3)10-14-6-13(18)9-25(14)2)24-8-12-4-5-15(23-7-12)27-11-17(19,20)21/h4-7,9H,8,10-11H2,1-3H3,(H,22,24). The van der Waals surface area contributed by atoms with E-state index in [1.165, 1.54) is 12.3 Å². The molecule has 0 bridgehead atoms. The van der Waals surface area contributed by atoms with Gasteiger partial charge in [0.15, 0.2) is 12.6 Å². The van der Waals surface area contributed by atoms with E-state index >= 15 is 0 Å². The lowest BCUT2D eigenvalue weighted by molar-refractivity contribution is -0.154. The molecule has 0 amide bonds. The fraction of sp³-hybridized carbons (Fsp3) is 0.412. The van der Waals surface area contributed by atoms with Crippen LogP contribution in [0.1, 0.15) is 11.3 Å². The minimum atomic E-state index is -4.39. The first-order valence-corrected chi connectivity index (χ1v) is 8.42. The van der Waals surface area contributed by atoms with Gasteiger partial charge in [-0.25, -0.2) is 4.98 Å². The fourth-order valence-corrected chi connectivity index (χ4v) is 2.64. The molecule has 2 rings (SSSR count). The van der Waals surface area contributed by atoms with E-state index in [4.69, 9.17) is 11.6 Å². The van der Waals surface area contributed by atoms with Gasteiger partial charge in [-0.15, -0.1) is 0 Å². The van der Waals surface area contributed by atoms with Crippen molar-refractivity contribution in [3.05, 3.63) is 46.9 Å². The third kappa shape index (κ3) is 6.67. The van der Waals surface area contributed by atoms with Crippen molar-refractivity contribution in [3.63, 3.8) is 0 Å². The Labute approximate surface area is 160 Å². The van der Waals surface area contributed by atoms with Crippen LogP contribution in [0, 0.1) is 0 Å². The Balaban J connectivity index is 1.88. The average molecular weight is 404 g/mol. The Bertz CT molecular complexity index is 774. The van der Waals surface area contributed by atoms with Gasteiger partial charge >= 0.3 is 6.18 Å². The summed E-state index contributed by atoms with van der Waals surface area (Å²) >= 11 is 6.00. The molecule has 2 heterocycles. The first-order chi connectivity index (χ1) is 12.7. The first kappa shape index (κ1) is 20.9. The van der Waals surface area contributed by atoms with Gasteiger partial charge in [-0.2, -0.15) is 13.2 Å². The molecule has 0 radical (unpaired) electrons. The fourth-order valence-electron chi connectivity index (χ4n) is 2.36. The molecule has 0 saturated carbocycles. The molecule has 2 aromatic heterocycles. The molecule has 0 spiro atoms. The molecule has 6 nitrogen and oxygen atoms in total. The van der Waals surface area contributed by atoms with E-state index in [1.54, 1.807) is 13.1 Å². The van der Waals surface area contributed by atoms with Crippen LogP contribution in [0.2, 0.25) is 5.02 Å². The topological polar surface area (TPSA) is 54.7 Å². The number of aliphatic imine (C=N–C) groups is 1. The normalized spacial score (nSPS) is 12.2. The number of hydrogen-bond acceptors (Lipinski definition) is 3. The quantitative estimate of drug-likeness (QED) is 0.594. The second-order valence-corrected chi connectivity index (χ2v) is 6.36. The SMILES string of the molecule is CN=C(NCc1ccc(OCC(F)(F)F)nc1)N(C)Cc1cc(Cl)cn1C. The van der Waals surface area contributed by atoms with Crippen molar-refractivity contribution in [1.82, 2.24) is 19.8 Å². The van der Waals surface area contributed by atoms with Gasteiger partial charge in [-0.05, 0) is 11.6 Å². The summed E-state index contributed by atoms with van der Waals surface area (Å²) in [6, 6.07) is 4.94. The smallest absolute Gasteiger partial charge is 0.422 e. The lowest BCUT2D eigenvalue weighted by Crippen LogP contribution is -2.38. The van der Waals surface area contributed by atoms with Crippen LogP contribution in [0.25, 0.3) is 0 Å². The summed E-state index contributed by atoms with van der Waals surface area (Å²) in [5, 5.41) is 3.85. The van der Waals surface area contributed by atoms with E-state index < -0.39 is 12.8 Å². The number of nitrogens with one attached hydrogen (secondary N) is 1. The van der Waals surface area contributed by atoms with Crippen LogP contribution in [0.5, 0.6) is 5.88 Å². The number of rotatable bonds is 6. The molecule has 0 fully saturated rings. The zero-order valence-corrected chi connectivity index (χ0v) is 16.0. The van der Waals surface area contributed by atoms with Gasteiger partial charge in [-0.3, -0.25) is 4.99 Å². The van der Waals surface area contributed by atoms with E-state index in [0.29, 0.717) is 24.1 Å². The Morgan fingerprint density at radius 3 is 2.67 bits per heavy atom. The van der Waals surface area contributed by atoms with E-state index in [1.807, 2.05) is 35.8 Å². The molecule has 2 aromatic rings. The highest BCUT2D eigenvalue weighted by molar-refractivity contribution is 6.30. The maximum absolute atomic E-state index is 12.1. The predicted molar refractivity (Wildman–Crippen MR) is 97.9 cm³/mol. The molecule has 0 unspecified atom stereocenters. The van der Waals surface area contributed by atoms with Gasteiger partial charge in [-0.1, -0.05) is 17.7 Å². The zero-order chi connectivity index (χ0) is 20.0.